The number of esters is 1. The number of aromatic nitrogens is 1. The molecule has 1 aromatic heterocycles. The number of nitrogens with zero attached hydrogens (tertiary/aromatic N) is 1. The molecule has 150 valence electrons. The molecule has 0 saturated carbocycles. The largest absolute Gasteiger partial charge is 0.494 e. The molecule has 3 aromatic rings. The van der Waals surface area contributed by atoms with Gasteiger partial charge in [-0.1, -0.05) is 46.3 Å². The molecule has 2 aromatic carbocycles. The van der Waals surface area contributed by atoms with E-state index in [4.69, 9.17) is 4.74 Å². The van der Waals surface area contributed by atoms with E-state index in [9.17, 15) is 14.7 Å². The van der Waals surface area contributed by atoms with Crippen molar-refractivity contribution < 1.29 is 19.4 Å². The van der Waals surface area contributed by atoms with Gasteiger partial charge in [-0.15, -0.1) is 0 Å². The van der Waals surface area contributed by atoms with Crippen LogP contribution in [-0.2, 0) is 9.53 Å². The van der Waals surface area contributed by atoms with Crippen LogP contribution in [0.3, 0.4) is 0 Å². The fourth-order valence-corrected chi connectivity index (χ4v) is 3.93. The van der Waals surface area contributed by atoms with Gasteiger partial charge in [0.2, 0.25) is 5.88 Å². The Kier molecular flexibility index (Phi) is 5.18. The minimum absolute atomic E-state index is 0.137. The van der Waals surface area contributed by atoms with Gasteiger partial charge in [0.05, 0.1) is 18.2 Å². The number of halogens is 1. The molecule has 1 N–H and O–H groups in total. The summed E-state index contributed by atoms with van der Waals surface area (Å²) >= 11 is 3.40. The van der Waals surface area contributed by atoms with Crippen molar-refractivity contribution in [2.24, 2.45) is 0 Å². The Morgan fingerprint density at radius 3 is 2.50 bits per heavy atom. The molecule has 1 aliphatic rings. The van der Waals surface area contributed by atoms with Gasteiger partial charge in [0.25, 0.3) is 0 Å². The molecular formula is C24H18BrNO4. The van der Waals surface area contributed by atoms with Crippen LogP contribution in [0.15, 0.2) is 59.1 Å². The lowest BCUT2D eigenvalue weighted by atomic mass is 9.90. The molecule has 4 rings (SSSR count). The minimum Gasteiger partial charge on any atom is -0.494 e. The quantitative estimate of drug-likeness (QED) is 0.429. The highest BCUT2D eigenvalue weighted by atomic mass is 79.9. The third-order valence-electron chi connectivity index (χ3n) is 5.11. The van der Waals surface area contributed by atoms with E-state index >= 15 is 0 Å². The number of carbonyl (C=O) groups excluding carboxylic acids is 2. The molecule has 1 aliphatic carbocycles. The number of methoxy groups -OCH3 is 1. The SMILES string of the molecule is COC(=O)c1c(C=C2C(=O)C=Cc3ccccc32)c(O)n(-c2ccc(Br)cc2)c1C. The summed E-state index contributed by atoms with van der Waals surface area (Å²) in [6.45, 7) is 1.73. The Morgan fingerprint density at radius 1 is 1.10 bits per heavy atom. The predicted molar refractivity (Wildman–Crippen MR) is 120 cm³/mol. The van der Waals surface area contributed by atoms with Crippen molar-refractivity contribution in [2.45, 2.75) is 6.92 Å². The van der Waals surface area contributed by atoms with E-state index in [-0.39, 0.29) is 22.8 Å². The zero-order valence-corrected chi connectivity index (χ0v) is 17.9. The highest BCUT2D eigenvalue weighted by molar-refractivity contribution is 9.10. The summed E-state index contributed by atoms with van der Waals surface area (Å²) in [6, 6.07) is 14.8. The fourth-order valence-electron chi connectivity index (χ4n) is 3.67. The van der Waals surface area contributed by atoms with E-state index in [0.29, 0.717) is 17.0 Å². The average molecular weight is 464 g/mol. The van der Waals surface area contributed by atoms with Crippen LogP contribution in [0.25, 0.3) is 23.4 Å². The van der Waals surface area contributed by atoms with Crippen molar-refractivity contribution in [1.29, 1.82) is 0 Å². The summed E-state index contributed by atoms with van der Waals surface area (Å²) in [5.74, 6) is -0.918. The number of hydrogen-bond acceptors (Lipinski definition) is 4. The number of allylic oxidation sites excluding steroid dienone is 2. The number of ketones is 1. The molecule has 0 radical (unpaired) electrons. The lowest BCUT2D eigenvalue weighted by molar-refractivity contribution is -0.109. The van der Waals surface area contributed by atoms with Gasteiger partial charge in [-0.25, -0.2) is 4.79 Å². The zero-order chi connectivity index (χ0) is 21.4. The van der Waals surface area contributed by atoms with Crippen LogP contribution >= 0.6 is 15.9 Å². The maximum Gasteiger partial charge on any atom is 0.340 e. The van der Waals surface area contributed by atoms with Crippen LogP contribution in [0, 0.1) is 6.92 Å². The molecule has 6 heteroatoms. The van der Waals surface area contributed by atoms with Crippen LogP contribution in [0.2, 0.25) is 0 Å². The van der Waals surface area contributed by atoms with E-state index in [1.54, 1.807) is 23.6 Å². The highest BCUT2D eigenvalue weighted by Gasteiger charge is 2.27. The van der Waals surface area contributed by atoms with Gasteiger partial charge in [0, 0.05) is 21.4 Å². The summed E-state index contributed by atoms with van der Waals surface area (Å²) in [7, 11) is 1.29. The first-order valence-electron chi connectivity index (χ1n) is 9.24. The summed E-state index contributed by atoms with van der Waals surface area (Å²) in [6.07, 6.45) is 4.81. The van der Waals surface area contributed by atoms with Crippen molar-refractivity contribution in [3.05, 3.63) is 87.0 Å². The second-order valence-electron chi connectivity index (χ2n) is 6.84. The van der Waals surface area contributed by atoms with Gasteiger partial charge >= 0.3 is 5.97 Å². The molecule has 0 atom stereocenters. The molecular weight excluding hydrogens is 446 g/mol. The molecule has 30 heavy (non-hydrogen) atoms. The summed E-state index contributed by atoms with van der Waals surface area (Å²) in [4.78, 5) is 25.3. The van der Waals surface area contributed by atoms with Crippen molar-refractivity contribution >= 4 is 45.4 Å². The third kappa shape index (κ3) is 3.29. The molecule has 0 aliphatic heterocycles. The number of fused-ring (bicyclic) bond motifs is 1. The maximum atomic E-state index is 12.7. The van der Waals surface area contributed by atoms with Gasteiger partial charge in [-0.3, -0.25) is 9.36 Å². The first-order chi connectivity index (χ1) is 14.4. The highest BCUT2D eigenvalue weighted by Crippen LogP contribution is 2.37. The van der Waals surface area contributed by atoms with Gasteiger partial charge in [0.15, 0.2) is 5.78 Å². The van der Waals surface area contributed by atoms with Crippen molar-refractivity contribution in [2.75, 3.05) is 7.11 Å². The van der Waals surface area contributed by atoms with E-state index in [0.717, 1.165) is 15.6 Å². The molecule has 5 nitrogen and oxygen atoms in total. The Hall–Kier alpha value is -3.38. The number of aromatic hydroxyl groups is 1. The molecule has 1 heterocycles. The molecule has 0 unspecified atom stereocenters. The van der Waals surface area contributed by atoms with Crippen LogP contribution < -0.4 is 0 Å². The zero-order valence-electron chi connectivity index (χ0n) is 16.3. The average Bonchev–Trinajstić information content (AvgIpc) is 3.00. The van der Waals surface area contributed by atoms with E-state index < -0.39 is 5.97 Å². The Balaban J connectivity index is 1.98. The maximum absolute atomic E-state index is 12.7. The van der Waals surface area contributed by atoms with Crippen LogP contribution in [0.5, 0.6) is 5.88 Å². The van der Waals surface area contributed by atoms with Gasteiger partial charge in [-0.05, 0) is 54.5 Å². The number of carbonyl (C=O) groups is 2. The van der Waals surface area contributed by atoms with Gasteiger partial charge in [0.1, 0.15) is 0 Å². The Morgan fingerprint density at radius 2 is 1.80 bits per heavy atom. The van der Waals surface area contributed by atoms with Crippen molar-refractivity contribution in [1.82, 2.24) is 4.57 Å². The standard InChI is InChI=1S/C24H18BrNO4/c1-14-22(24(29)30-2)20(23(28)26(14)17-10-8-16(25)9-11-17)13-19-18-6-4-3-5-15(18)7-12-21(19)27/h3-13,28H,1-2H3. The number of benzene rings is 2. The van der Waals surface area contributed by atoms with Crippen molar-refractivity contribution in [3.63, 3.8) is 0 Å². The first-order valence-corrected chi connectivity index (χ1v) is 10.0. The minimum atomic E-state index is -0.586. The van der Waals surface area contributed by atoms with Crippen LogP contribution in [0.4, 0.5) is 0 Å². The Labute approximate surface area is 182 Å². The lowest BCUT2D eigenvalue weighted by Crippen LogP contribution is -2.07. The van der Waals surface area contributed by atoms with Gasteiger partial charge < -0.3 is 9.84 Å². The second kappa shape index (κ2) is 7.80. The summed E-state index contributed by atoms with van der Waals surface area (Å²) in [5.41, 5.74) is 3.70. The number of rotatable bonds is 3. The summed E-state index contributed by atoms with van der Waals surface area (Å²) in [5, 5.41) is 11.1. The Bertz CT molecular complexity index is 1230. The van der Waals surface area contributed by atoms with Crippen LogP contribution in [-0.4, -0.2) is 28.5 Å². The monoisotopic (exact) mass is 463 g/mol. The lowest BCUT2D eigenvalue weighted by Gasteiger charge is -2.13. The third-order valence-corrected chi connectivity index (χ3v) is 5.64. The molecule has 0 amide bonds. The molecule has 0 fully saturated rings. The molecule has 0 saturated heterocycles. The topological polar surface area (TPSA) is 68.5 Å². The van der Waals surface area contributed by atoms with Crippen molar-refractivity contribution in [3.8, 4) is 11.6 Å². The first kappa shape index (κ1) is 19.9. The normalized spacial score (nSPS) is 14.1. The van der Waals surface area contributed by atoms with E-state index in [1.165, 1.54) is 13.2 Å². The van der Waals surface area contributed by atoms with Gasteiger partial charge in [-0.2, -0.15) is 0 Å². The smallest absolute Gasteiger partial charge is 0.340 e. The van der Waals surface area contributed by atoms with E-state index in [2.05, 4.69) is 15.9 Å². The second-order valence-corrected chi connectivity index (χ2v) is 7.76. The molecule has 0 bridgehead atoms. The molecule has 0 spiro atoms. The predicted octanol–water partition coefficient (Wildman–Crippen LogP) is 5.18. The van der Waals surface area contributed by atoms with E-state index in [1.807, 2.05) is 48.5 Å². The van der Waals surface area contributed by atoms with Crippen LogP contribution in [0.1, 0.15) is 32.7 Å². The number of ether oxygens (including phenoxy) is 1. The number of hydrogen-bond donors (Lipinski definition) is 1. The summed E-state index contributed by atoms with van der Waals surface area (Å²) < 4.78 is 7.43. The fraction of sp³-hybridized carbons (Fsp3) is 0.0833.